The minimum atomic E-state index is -0.168. The van der Waals surface area contributed by atoms with E-state index >= 15 is 0 Å². The first-order valence-electron chi connectivity index (χ1n) is 11.8. The topological polar surface area (TPSA) is 53.1 Å². The normalized spacial score (nSPS) is 21.6. The third-order valence-electron chi connectivity index (χ3n) is 7.39. The van der Waals surface area contributed by atoms with Crippen LogP contribution in [0.2, 0.25) is 0 Å². The second kappa shape index (κ2) is 8.81. The summed E-state index contributed by atoms with van der Waals surface area (Å²) in [5, 5.41) is 0. The van der Waals surface area contributed by atoms with Crippen LogP contribution in [0.3, 0.4) is 0 Å². The first-order valence-corrected chi connectivity index (χ1v) is 11.8. The number of fused-ring (bicyclic) bond motifs is 2. The standard InChI is InChI=1S/C25H37N3O3/c1-18(2)31-24(30)27-11-7-21(8-12-27)16-26-13-9-25(10-14-26)17-28(20(4)29)23-6-5-19(3)15-22(23)25/h5-6,15,18,21H,7-14,16-17H2,1-4H3. The van der Waals surface area contributed by atoms with Crippen LogP contribution in [0.5, 0.6) is 0 Å². The van der Waals surface area contributed by atoms with Crippen LogP contribution < -0.4 is 4.90 Å². The Morgan fingerprint density at radius 2 is 1.81 bits per heavy atom. The van der Waals surface area contributed by atoms with Gasteiger partial charge in [0.2, 0.25) is 5.91 Å². The second-order valence-corrected chi connectivity index (χ2v) is 10.1. The van der Waals surface area contributed by atoms with Crippen molar-refractivity contribution in [3.05, 3.63) is 29.3 Å². The molecule has 2 amide bonds. The molecule has 0 bridgehead atoms. The van der Waals surface area contributed by atoms with E-state index in [0.717, 1.165) is 70.6 Å². The smallest absolute Gasteiger partial charge is 0.410 e. The summed E-state index contributed by atoms with van der Waals surface area (Å²) < 4.78 is 5.34. The first-order chi connectivity index (χ1) is 14.8. The van der Waals surface area contributed by atoms with Gasteiger partial charge in [0.1, 0.15) is 0 Å². The van der Waals surface area contributed by atoms with Crippen LogP contribution in [0.25, 0.3) is 0 Å². The molecule has 0 radical (unpaired) electrons. The maximum absolute atomic E-state index is 12.3. The van der Waals surface area contributed by atoms with Crippen LogP contribution in [0.1, 0.15) is 57.6 Å². The molecule has 170 valence electrons. The van der Waals surface area contributed by atoms with Gasteiger partial charge in [0.15, 0.2) is 0 Å². The molecule has 1 aromatic carbocycles. The lowest BCUT2D eigenvalue weighted by Gasteiger charge is -2.42. The molecule has 0 saturated carbocycles. The van der Waals surface area contributed by atoms with Crippen molar-refractivity contribution >= 4 is 17.7 Å². The average molecular weight is 428 g/mol. The van der Waals surface area contributed by atoms with E-state index in [1.54, 1.807) is 6.92 Å². The summed E-state index contributed by atoms with van der Waals surface area (Å²) in [6.45, 7) is 13.3. The van der Waals surface area contributed by atoms with Crippen molar-refractivity contribution in [1.82, 2.24) is 9.80 Å². The highest BCUT2D eigenvalue weighted by Crippen LogP contribution is 2.47. The highest BCUT2D eigenvalue weighted by molar-refractivity contribution is 5.94. The number of carbonyl (C=O) groups excluding carboxylic acids is 2. The van der Waals surface area contributed by atoms with Crippen molar-refractivity contribution in [2.45, 2.75) is 64.9 Å². The largest absolute Gasteiger partial charge is 0.447 e. The van der Waals surface area contributed by atoms with Gasteiger partial charge < -0.3 is 19.4 Å². The predicted octanol–water partition coefficient (Wildman–Crippen LogP) is 3.95. The summed E-state index contributed by atoms with van der Waals surface area (Å²) in [6.07, 6.45) is 4.08. The molecular formula is C25H37N3O3. The molecule has 0 aliphatic carbocycles. The van der Waals surface area contributed by atoms with Gasteiger partial charge >= 0.3 is 6.09 Å². The highest BCUT2D eigenvalue weighted by atomic mass is 16.6. The number of rotatable bonds is 3. The van der Waals surface area contributed by atoms with Crippen molar-refractivity contribution in [1.29, 1.82) is 0 Å². The van der Waals surface area contributed by atoms with Crippen LogP contribution in [0.15, 0.2) is 18.2 Å². The number of piperidine rings is 2. The molecule has 2 saturated heterocycles. The molecule has 3 aliphatic heterocycles. The van der Waals surface area contributed by atoms with Crippen molar-refractivity contribution in [2.24, 2.45) is 5.92 Å². The van der Waals surface area contributed by atoms with Gasteiger partial charge in [0, 0.05) is 44.2 Å². The van der Waals surface area contributed by atoms with Gasteiger partial charge in [-0.05, 0) is 77.1 Å². The van der Waals surface area contributed by atoms with Crippen molar-refractivity contribution in [3.8, 4) is 0 Å². The van der Waals surface area contributed by atoms with Crippen molar-refractivity contribution in [3.63, 3.8) is 0 Å². The second-order valence-electron chi connectivity index (χ2n) is 10.1. The van der Waals surface area contributed by atoms with Crippen LogP contribution in [0.4, 0.5) is 10.5 Å². The molecule has 1 aromatic rings. The van der Waals surface area contributed by atoms with Crippen LogP contribution in [-0.2, 0) is 14.9 Å². The number of anilines is 1. The van der Waals surface area contributed by atoms with E-state index in [0.29, 0.717) is 5.92 Å². The summed E-state index contributed by atoms with van der Waals surface area (Å²) >= 11 is 0. The number of amides is 2. The lowest BCUT2D eigenvalue weighted by atomic mass is 9.74. The summed E-state index contributed by atoms with van der Waals surface area (Å²) in [5.41, 5.74) is 3.87. The van der Waals surface area contributed by atoms with Crippen molar-refractivity contribution < 1.29 is 14.3 Å². The summed E-state index contributed by atoms with van der Waals surface area (Å²) in [7, 11) is 0. The fourth-order valence-electron chi connectivity index (χ4n) is 5.59. The Morgan fingerprint density at radius 3 is 2.42 bits per heavy atom. The lowest BCUT2D eigenvalue weighted by Crippen LogP contribution is -2.48. The highest BCUT2D eigenvalue weighted by Gasteiger charge is 2.45. The lowest BCUT2D eigenvalue weighted by molar-refractivity contribution is -0.116. The van der Waals surface area contributed by atoms with Crippen LogP contribution in [0, 0.1) is 12.8 Å². The molecule has 0 unspecified atom stereocenters. The number of ether oxygens (including phenoxy) is 1. The molecule has 6 heteroatoms. The molecule has 4 rings (SSSR count). The minimum absolute atomic E-state index is 0.0608. The van der Waals surface area contributed by atoms with Gasteiger partial charge in [-0.1, -0.05) is 17.7 Å². The molecule has 31 heavy (non-hydrogen) atoms. The zero-order valence-electron chi connectivity index (χ0n) is 19.5. The third kappa shape index (κ3) is 4.59. The average Bonchev–Trinajstić information content (AvgIpc) is 3.04. The predicted molar refractivity (Wildman–Crippen MR) is 122 cm³/mol. The molecule has 0 aromatic heterocycles. The molecular weight excluding hydrogens is 390 g/mol. The Balaban J connectivity index is 1.32. The monoisotopic (exact) mass is 427 g/mol. The van der Waals surface area contributed by atoms with Gasteiger partial charge in [-0.25, -0.2) is 4.79 Å². The molecule has 1 spiro atoms. The Morgan fingerprint density at radius 1 is 1.13 bits per heavy atom. The summed E-state index contributed by atoms with van der Waals surface area (Å²) in [6, 6.07) is 6.55. The number of aryl methyl sites for hydroxylation is 1. The fraction of sp³-hybridized carbons (Fsp3) is 0.680. The molecule has 0 N–H and O–H groups in total. The van der Waals surface area contributed by atoms with Gasteiger partial charge in [-0.3, -0.25) is 4.79 Å². The van der Waals surface area contributed by atoms with E-state index < -0.39 is 0 Å². The van der Waals surface area contributed by atoms with Gasteiger partial charge in [-0.2, -0.15) is 0 Å². The number of likely N-dealkylation sites (tertiary alicyclic amines) is 2. The van der Waals surface area contributed by atoms with Crippen LogP contribution >= 0.6 is 0 Å². The van der Waals surface area contributed by atoms with E-state index in [1.807, 2.05) is 23.6 Å². The third-order valence-corrected chi connectivity index (χ3v) is 7.39. The summed E-state index contributed by atoms with van der Waals surface area (Å²) in [5.74, 6) is 0.788. The number of carbonyl (C=O) groups is 2. The zero-order chi connectivity index (χ0) is 22.2. The van der Waals surface area contributed by atoms with E-state index in [1.165, 1.54) is 11.1 Å². The van der Waals surface area contributed by atoms with Gasteiger partial charge in [0.05, 0.1) is 6.10 Å². The minimum Gasteiger partial charge on any atom is -0.447 e. The Kier molecular flexibility index (Phi) is 6.29. The quantitative estimate of drug-likeness (QED) is 0.733. The number of benzene rings is 1. The summed E-state index contributed by atoms with van der Waals surface area (Å²) in [4.78, 5) is 30.8. The Labute approximate surface area is 186 Å². The van der Waals surface area contributed by atoms with Crippen LogP contribution in [-0.4, -0.2) is 67.2 Å². The molecule has 0 atom stereocenters. The molecule has 3 aliphatic rings. The maximum atomic E-state index is 12.3. The number of hydrogen-bond donors (Lipinski definition) is 0. The maximum Gasteiger partial charge on any atom is 0.410 e. The SMILES string of the molecule is CC(=O)N1CC2(CCN(CC3CCN(C(=O)OC(C)C)CC3)CC2)c2cc(C)ccc21. The fourth-order valence-corrected chi connectivity index (χ4v) is 5.59. The van der Waals surface area contributed by atoms with E-state index in [2.05, 4.69) is 30.0 Å². The first kappa shape index (κ1) is 22.1. The van der Waals surface area contributed by atoms with E-state index in [9.17, 15) is 9.59 Å². The Hall–Kier alpha value is -2.08. The molecule has 2 fully saturated rings. The van der Waals surface area contributed by atoms with Gasteiger partial charge in [0.25, 0.3) is 0 Å². The Bertz CT molecular complexity index is 821. The van der Waals surface area contributed by atoms with Gasteiger partial charge in [-0.15, -0.1) is 0 Å². The molecule has 6 nitrogen and oxygen atoms in total. The number of hydrogen-bond acceptors (Lipinski definition) is 4. The van der Waals surface area contributed by atoms with Crippen molar-refractivity contribution in [2.75, 3.05) is 44.2 Å². The number of nitrogens with zero attached hydrogens (tertiary/aromatic N) is 3. The van der Waals surface area contributed by atoms with E-state index in [-0.39, 0.29) is 23.5 Å². The molecule has 3 heterocycles. The zero-order valence-corrected chi connectivity index (χ0v) is 19.5. The van der Waals surface area contributed by atoms with E-state index in [4.69, 9.17) is 4.74 Å².